The molecule has 0 fully saturated rings. The number of rotatable bonds is 8. The monoisotopic (exact) mass is 204 g/mol. The summed E-state index contributed by atoms with van der Waals surface area (Å²) in [5, 5.41) is 2.78. The number of ether oxygens (including phenoxy) is 2. The van der Waals surface area contributed by atoms with Gasteiger partial charge in [-0.1, -0.05) is 0 Å². The van der Waals surface area contributed by atoms with Crippen LogP contribution in [0.2, 0.25) is 0 Å². The molecule has 1 unspecified atom stereocenters. The van der Waals surface area contributed by atoms with E-state index in [4.69, 9.17) is 15.2 Å². The fourth-order valence-corrected chi connectivity index (χ4v) is 1.06. The van der Waals surface area contributed by atoms with Crippen molar-refractivity contribution in [1.29, 1.82) is 0 Å². The summed E-state index contributed by atoms with van der Waals surface area (Å²) < 4.78 is 9.92. The molecule has 0 heterocycles. The van der Waals surface area contributed by atoms with Gasteiger partial charge in [-0.3, -0.25) is 4.79 Å². The van der Waals surface area contributed by atoms with Crippen LogP contribution >= 0.6 is 0 Å². The molecule has 5 heteroatoms. The Hall–Kier alpha value is -0.650. The molecule has 3 N–H and O–H groups in total. The first kappa shape index (κ1) is 13.4. The highest BCUT2D eigenvalue weighted by Gasteiger charge is 2.10. The molecule has 0 aliphatic heterocycles. The van der Waals surface area contributed by atoms with Crippen molar-refractivity contribution in [1.82, 2.24) is 5.32 Å². The number of hydrogen-bond acceptors (Lipinski definition) is 4. The third-order valence-electron chi connectivity index (χ3n) is 1.69. The maximum absolute atomic E-state index is 11.2. The zero-order chi connectivity index (χ0) is 10.8. The number of carbonyl (C=O) groups excluding carboxylic acids is 1. The van der Waals surface area contributed by atoms with Crippen LogP contribution in [0.25, 0.3) is 0 Å². The van der Waals surface area contributed by atoms with Gasteiger partial charge in [0.15, 0.2) is 0 Å². The van der Waals surface area contributed by atoms with Crippen molar-refractivity contribution < 1.29 is 14.3 Å². The Labute approximate surface area is 84.9 Å². The van der Waals surface area contributed by atoms with Crippen LogP contribution in [0.4, 0.5) is 0 Å². The van der Waals surface area contributed by atoms with Gasteiger partial charge in [-0.25, -0.2) is 0 Å². The molecule has 0 aromatic carbocycles. The molecule has 0 bridgehead atoms. The second kappa shape index (κ2) is 8.93. The van der Waals surface area contributed by atoms with Crippen LogP contribution in [0.15, 0.2) is 0 Å². The molecular formula is C9H20N2O3. The summed E-state index contributed by atoms with van der Waals surface area (Å²) in [6.07, 6.45) is 0.714. The van der Waals surface area contributed by atoms with Crippen molar-refractivity contribution in [2.45, 2.75) is 19.4 Å². The molecule has 1 atom stereocenters. The van der Waals surface area contributed by atoms with E-state index in [9.17, 15) is 4.79 Å². The van der Waals surface area contributed by atoms with Crippen molar-refractivity contribution in [2.75, 3.05) is 33.5 Å². The highest BCUT2D eigenvalue weighted by molar-refractivity contribution is 5.77. The van der Waals surface area contributed by atoms with Crippen LogP contribution in [0.5, 0.6) is 0 Å². The Balaban J connectivity index is 3.71. The van der Waals surface area contributed by atoms with E-state index in [1.54, 1.807) is 7.11 Å². The third kappa shape index (κ3) is 6.82. The fourth-order valence-electron chi connectivity index (χ4n) is 1.06. The average molecular weight is 204 g/mol. The number of amides is 1. The number of carbonyl (C=O) groups is 1. The van der Waals surface area contributed by atoms with Gasteiger partial charge in [0.25, 0.3) is 0 Å². The summed E-state index contributed by atoms with van der Waals surface area (Å²) >= 11 is 0. The summed E-state index contributed by atoms with van der Waals surface area (Å²) in [6.45, 7) is 3.50. The molecule has 0 saturated heterocycles. The maximum atomic E-state index is 11.2. The lowest BCUT2D eigenvalue weighted by molar-refractivity contribution is -0.126. The minimum atomic E-state index is -0.123. The Kier molecular flexibility index (Phi) is 8.51. The largest absolute Gasteiger partial charge is 0.383 e. The number of nitrogens with one attached hydrogen (secondary N) is 1. The van der Waals surface area contributed by atoms with Crippen LogP contribution < -0.4 is 11.1 Å². The molecule has 0 aliphatic rings. The lowest BCUT2D eigenvalue weighted by Crippen LogP contribution is -2.41. The van der Waals surface area contributed by atoms with Crippen LogP contribution in [0.3, 0.4) is 0 Å². The molecule has 0 aromatic rings. The van der Waals surface area contributed by atoms with Crippen LogP contribution in [0, 0.1) is 0 Å². The minimum absolute atomic E-state index is 0.0158. The molecular weight excluding hydrogens is 184 g/mol. The summed E-state index contributed by atoms with van der Waals surface area (Å²) in [5.41, 5.74) is 5.40. The van der Waals surface area contributed by atoms with E-state index in [0.29, 0.717) is 26.2 Å². The minimum Gasteiger partial charge on any atom is -0.383 e. The normalized spacial score (nSPS) is 12.5. The molecule has 1 amide bonds. The zero-order valence-electron chi connectivity index (χ0n) is 8.91. The molecule has 0 aromatic heterocycles. The highest BCUT2D eigenvalue weighted by atomic mass is 16.5. The predicted molar refractivity (Wildman–Crippen MR) is 54.0 cm³/mol. The van der Waals surface area contributed by atoms with E-state index < -0.39 is 0 Å². The summed E-state index contributed by atoms with van der Waals surface area (Å²) in [7, 11) is 1.60. The standard InChI is InChI=1S/C9H20N2O3/c1-3-14-7-9(12)11-8(4-5-10)6-13-2/h8H,3-7,10H2,1-2H3,(H,11,12). The zero-order valence-corrected chi connectivity index (χ0v) is 8.91. The van der Waals surface area contributed by atoms with Crippen LogP contribution in [0.1, 0.15) is 13.3 Å². The molecule has 5 nitrogen and oxygen atoms in total. The van der Waals surface area contributed by atoms with Gasteiger partial charge in [-0.15, -0.1) is 0 Å². The molecule has 84 valence electrons. The first-order chi connectivity index (χ1) is 6.74. The Bertz CT molecular complexity index is 147. The van der Waals surface area contributed by atoms with Gasteiger partial charge in [0.2, 0.25) is 5.91 Å². The molecule has 14 heavy (non-hydrogen) atoms. The molecule has 0 aliphatic carbocycles. The van der Waals surface area contributed by atoms with Gasteiger partial charge in [-0.05, 0) is 19.9 Å². The van der Waals surface area contributed by atoms with E-state index in [0.717, 1.165) is 0 Å². The second-order valence-electron chi connectivity index (χ2n) is 2.93. The first-order valence-corrected chi connectivity index (χ1v) is 4.80. The Morgan fingerprint density at radius 3 is 2.79 bits per heavy atom. The molecule has 0 saturated carbocycles. The van der Waals surface area contributed by atoms with Crippen LogP contribution in [-0.2, 0) is 14.3 Å². The SMILES string of the molecule is CCOCC(=O)NC(CCN)COC. The van der Waals surface area contributed by atoms with Crippen molar-refractivity contribution >= 4 is 5.91 Å². The van der Waals surface area contributed by atoms with E-state index in [2.05, 4.69) is 5.32 Å². The lowest BCUT2D eigenvalue weighted by Gasteiger charge is -2.16. The molecule has 0 spiro atoms. The van der Waals surface area contributed by atoms with Gasteiger partial charge in [0, 0.05) is 13.7 Å². The second-order valence-corrected chi connectivity index (χ2v) is 2.93. The van der Waals surface area contributed by atoms with Gasteiger partial charge in [0.05, 0.1) is 12.6 Å². The highest BCUT2D eigenvalue weighted by Crippen LogP contribution is 1.91. The Morgan fingerprint density at radius 1 is 1.57 bits per heavy atom. The lowest BCUT2D eigenvalue weighted by atomic mass is 10.2. The van der Waals surface area contributed by atoms with Crippen molar-refractivity contribution in [3.05, 3.63) is 0 Å². The number of hydrogen-bond donors (Lipinski definition) is 2. The number of nitrogens with two attached hydrogens (primary N) is 1. The predicted octanol–water partition coefficient (Wildman–Crippen LogP) is -0.497. The van der Waals surface area contributed by atoms with Crippen molar-refractivity contribution in [2.24, 2.45) is 5.73 Å². The molecule has 0 radical (unpaired) electrons. The topological polar surface area (TPSA) is 73.6 Å². The van der Waals surface area contributed by atoms with E-state index in [-0.39, 0.29) is 18.6 Å². The fraction of sp³-hybridized carbons (Fsp3) is 0.889. The first-order valence-electron chi connectivity index (χ1n) is 4.80. The smallest absolute Gasteiger partial charge is 0.246 e. The summed E-state index contributed by atoms with van der Waals surface area (Å²) in [4.78, 5) is 11.2. The van der Waals surface area contributed by atoms with E-state index >= 15 is 0 Å². The summed E-state index contributed by atoms with van der Waals surface area (Å²) in [5.74, 6) is -0.123. The average Bonchev–Trinajstić information content (AvgIpc) is 2.15. The van der Waals surface area contributed by atoms with Crippen molar-refractivity contribution in [3.8, 4) is 0 Å². The van der Waals surface area contributed by atoms with Crippen molar-refractivity contribution in [3.63, 3.8) is 0 Å². The Morgan fingerprint density at radius 2 is 2.29 bits per heavy atom. The van der Waals surface area contributed by atoms with E-state index in [1.165, 1.54) is 0 Å². The van der Waals surface area contributed by atoms with Gasteiger partial charge in [-0.2, -0.15) is 0 Å². The third-order valence-corrected chi connectivity index (χ3v) is 1.69. The van der Waals surface area contributed by atoms with Gasteiger partial charge >= 0.3 is 0 Å². The molecule has 0 rings (SSSR count). The van der Waals surface area contributed by atoms with Gasteiger partial charge < -0.3 is 20.5 Å². The number of methoxy groups -OCH3 is 1. The quantitative estimate of drug-likeness (QED) is 0.559. The van der Waals surface area contributed by atoms with E-state index in [1.807, 2.05) is 6.92 Å². The van der Waals surface area contributed by atoms with Gasteiger partial charge in [0.1, 0.15) is 6.61 Å². The van der Waals surface area contributed by atoms with Crippen LogP contribution in [-0.4, -0.2) is 45.4 Å². The maximum Gasteiger partial charge on any atom is 0.246 e. The summed E-state index contributed by atoms with van der Waals surface area (Å²) in [6, 6.07) is -0.0158.